The summed E-state index contributed by atoms with van der Waals surface area (Å²) in [5.74, 6) is 0. The highest BCUT2D eigenvalue weighted by molar-refractivity contribution is 5.86. The Morgan fingerprint density at radius 2 is 1.66 bits per heavy atom. The Labute approximate surface area is 193 Å². The largest absolute Gasteiger partial charge is 0.293 e. The molecule has 0 bridgehead atoms. The summed E-state index contributed by atoms with van der Waals surface area (Å²) < 4.78 is 0. The highest BCUT2D eigenvalue weighted by atomic mass is 15.1. The maximum atomic E-state index is 4.62. The molecule has 0 amide bonds. The van der Waals surface area contributed by atoms with Crippen molar-refractivity contribution in [1.82, 2.24) is 9.88 Å². The first-order valence-electron chi connectivity index (χ1n) is 11.4. The van der Waals surface area contributed by atoms with Crippen LogP contribution < -0.4 is 0 Å². The topological polar surface area (TPSA) is 16.1 Å². The molecule has 0 N–H and O–H groups in total. The van der Waals surface area contributed by atoms with E-state index >= 15 is 0 Å². The SMILES string of the molecule is C=C(/C=C\C(=C/C)c1cccc(C)c1-c1ccccn1)C(c1ccccc1)N(CC)CC. The predicted octanol–water partition coefficient (Wildman–Crippen LogP) is 7.66. The fourth-order valence-corrected chi connectivity index (χ4v) is 4.27. The third-order valence-corrected chi connectivity index (χ3v) is 5.94. The number of likely N-dealkylation sites (N-methyl/N-ethyl adjacent to an activating group) is 1. The molecule has 0 aliphatic rings. The molecule has 3 aromatic rings. The quantitative estimate of drug-likeness (QED) is 0.329. The third kappa shape index (κ3) is 5.33. The number of hydrogen-bond donors (Lipinski definition) is 0. The molecule has 0 radical (unpaired) electrons. The minimum Gasteiger partial charge on any atom is -0.293 e. The minimum atomic E-state index is 0.160. The lowest BCUT2D eigenvalue weighted by molar-refractivity contribution is 0.250. The number of aryl methyl sites for hydroxylation is 1. The van der Waals surface area contributed by atoms with Crippen LogP contribution in [0.4, 0.5) is 0 Å². The van der Waals surface area contributed by atoms with Crippen molar-refractivity contribution in [3.8, 4) is 11.3 Å². The molecule has 3 rings (SSSR count). The Hall–Kier alpha value is -3.23. The average Bonchev–Trinajstić information content (AvgIpc) is 2.83. The van der Waals surface area contributed by atoms with E-state index in [9.17, 15) is 0 Å². The van der Waals surface area contributed by atoms with Crippen LogP contribution in [0, 0.1) is 6.92 Å². The Morgan fingerprint density at radius 1 is 0.938 bits per heavy atom. The number of allylic oxidation sites excluding steroid dienone is 3. The molecule has 2 aromatic carbocycles. The molecule has 0 saturated heterocycles. The maximum absolute atomic E-state index is 4.62. The first-order valence-corrected chi connectivity index (χ1v) is 11.4. The van der Waals surface area contributed by atoms with Gasteiger partial charge in [0.1, 0.15) is 0 Å². The predicted molar refractivity (Wildman–Crippen MR) is 138 cm³/mol. The van der Waals surface area contributed by atoms with E-state index in [4.69, 9.17) is 0 Å². The summed E-state index contributed by atoms with van der Waals surface area (Å²) in [5, 5.41) is 0. The van der Waals surface area contributed by atoms with Gasteiger partial charge in [0.25, 0.3) is 0 Å². The molecule has 0 aliphatic carbocycles. The van der Waals surface area contributed by atoms with Crippen LogP contribution in [-0.4, -0.2) is 23.0 Å². The van der Waals surface area contributed by atoms with Crippen molar-refractivity contribution >= 4 is 5.57 Å². The van der Waals surface area contributed by atoms with Crippen molar-refractivity contribution in [1.29, 1.82) is 0 Å². The van der Waals surface area contributed by atoms with Crippen LogP contribution in [0.5, 0.6) is 0 Å². The summed E-state index contributed by atoms with van der Waals surface area (Å²) in [6.07, 6.45) is 8.39. The zero-order valence-corrected chi connectivity index (χ0v) is 19.8. The Morgan fingerprint density at radius 3 is 2.28 bits per heavy atom. The number of aromatic nitrogens is 1. The first kappa shape index (κ1) is 23.4. The van der Waals surface area contributed by atoms with E-state index in [1.54, 1.807) is 0 Å². The van der Waals surface area contributed by atoms with Crippen LogP contribution in [0.15, 0.2) is 103 Å². The number of pyridine rings is 1. The van der Waals surface area contributed by atoms with E-state index in [-0.39, 0.29) is 6.04 Å². The molecular weight excluding hydrogens is 388 g/mol. The molecule has 2 heteroatoms. The first-order chi connectivity index (χ1) is 15.6. The van der Waals surface area contributed by atoms with Gasteiger partial charge in [-0.1, -0.05) is 93.3 Å². The van der Waals surface area contributed by atoms with Crippen LogP contribution in [0.3, 0.4) is 0 Å². The highest BCUT2D eigenvalue weighted by Gasteiger charge is 2.19. The summed E-state index contributed by atoms with van der Waals surface area (Å²) in [7, 11) is 0. The highest BCUT2D eigenvalue weighted by Crippen LogP contribution is 2.33. The van der Waals surface area contributed by atoms with Gasteiger partial charge in [0.15, 0.2) is 0 Å². The molecule has 0 fully saturated rings. The molecule has 1 unspecified atom stereocenters. The fraction of sp³-hybridized carbons (Fsp3) is 0.233. The second-order valence-corrected chi connectivity index (χ2v) is 7.90. The molecule has 0 aliphatic heterocycles. The van der Waals surface area contributed by atoms with Gasteiger partial charge in [-0.25, -0.2) is 0 Å². The molecule has 1 aromatic heterocycles. The van der Waals surface area contributed by atoms with E-state index in [0.29, 0.717) is 0 Å². The van der Waals surface area contributed by atoms with E-state index in [1.165, 1.54) is 27.8 Å². The number of nitrogens with zero attached hydrogens (tertiary/aromatic N) is 2. The lowest BCUT2D eigenvalue weighted by atomic mass is 9.91. The molecule has 164 valence electrons. The minimum absolute atomic E-state index is 0.160. The van der Waals surface area contributed by atoms with Crippen LogP contribution in [0.1, 0.15) is 43.5 Å². The van der Waals surface area contributed by atoms with E-state index in [2.05, 4.69) is 117 Å². The van der Waals surface area contributed by atoms with Crippen LogP contribution in [0.2, 0.25) is 0 Å². The molecule has 2 nitrogen and oxygen atoms in total. The molecule has 1 heterocycles. The summed E-state index contributed by atoms with van der Waals surface area (Å²) in [5.41, 5.74) is 8.12. The molecular formula is C30H34N2. The van der Waals surface area contributed by atoms with Crippen LogP contribution in [0.25, 0.3) is 16.8 Å². The molecule has 0 saturated carbocycles. The van der Waals surface area contributed by atoms with Crippen molar-refractivity contribution in [2.24, 2.45) is 0 Å². The lowest BCUT2D eigenvalue weighted by Gasteiger charge is -2.30. The van der Waals surface area contributed by atoms with E-state index < -0.39 is 0 Å². The van der Waals surface area contributed by atoms with Gasteiger partial charge in [-0.15, -0.1) is 0 Å². The fourth-order valence-electron chi connectivity index (χ4n) is 4.27. The zero-order chi connectivity index (χ0) is 22.9. The second-order valence-electron chi connectivity index (χ2n) is 7.90. The van der Waals surface area contributed by atoms with Gasteiger partial charge in [-0.2, -0.15) is 0 Å². The Bertz CT molecular complexity index is 1070. The molecule has 1 atom stereocenters. The standard InChI is InChI=1S/C30H34N2/c1-6-25(27-18-14-15-23(4)29(27)28-19-12-13-22-31-28)21-20-24(5)30(32(7-2)8-3)26-16-10-9-11-17-26/h6,9-22,30H,5,7-8H2,1-4H3/b21-20-,25-6+. The second kappa shape index (κ2) is 11.4. The number of rotatable bonds is 9. The van der Waals surface area contributed by atoms with Gasteiger partial charge < -0.3 is 0 Å². The normalized spacial score (nSPS) is 13.0. The summed E-state index contributed by atoms with van der Waals surface area (Å²) >= 11 is 0. The molecule has 0 spiro atoms. The average molecular weight is 423 g/mol. The van der Waals surface area contributed by atoms with Gasteiger partial charge in [0.2, 0.25) is 0 Å². The third-order valence-electron chi connectivity index (χ3n) is 5.94. The number of hydrogen-bond acceptors (Lipinski definition) is 2. The van der Waals surface area contributed by atoms with Gasteiger partial charge >= 0.3 is 0 Å². The van der Waals surface area contributed by atoms with Crippen molar-refractivity contribution in [2.75, 3.05) is 13.1 Å². The summed E-state index contributed by atoms with van der Waals surface area (Å²) in [6, 6.07) is 23.3. The van der Waals surface area contributed by atoms with Crippen molar-refractivity contribution in [3.05, 3.63) is 120 Å². The van der Waals surface area contributed by atoms with Crippen molar-refractivity contribution in [3.63, 3.8) is 0 Å². The van der Waals surface area contributed by atoms with E-state index in [0.717, 1.165) is 24.4 Å². The Balaban J connectivity index is 1.97. The monoisotopic (exact) mass is 422 g/mol. The Kier molecular flexibility index (Phi) is 8.35. The smallest absolute Gasteiger partial charge is 0.0710 e. The number of benzene rings is 2. The zero-order valence-electron chi connectivity index (χ0n) is 19.8. The van der Waals surface area contributed by atoms with Crippen molar-refractivity contribution in [2.45, 2.75) is 33.7 Å². The van der Waals surface area contributed by atoms with Gasteiger partial charge in [-0.3, -0.25) is 9.88 Å². The van der Waals surface area contributed by atoms with Crippen molar-refractivity contribution < 1.29 is 0 Å². The lowest BCUT2D eigenvalue weighted by Crippen LogP contribution is -2.29. The molecule has 32 heavy (non-hydrogen) atoms. The van der Waals surface area contributed by atoms with Crippen LogP contribution >= 0.6 is 0 Å². The summed E-state index contributed by atoms with van der Waals surface area (Å²) in [4.78, 5) is 7.07. The van der Waals surface area contributed by atoms with Gasteiger partial charge in [-0.05, 0) is 66.9 Å². The van der Waals surface area contributed by atoms with E-state index in [1.807, 2.05) is 18.3 Å². The summed E-state index contributed by atoms with van der Waals surface area (Å²) in [6.45, 7) is 15.1. The maximum Gasteiger partial charge on any atom is 0.0710 e. The van der Waals surface area contributed by atoms with Gasteiger partial charge in [0.05, 0.1) is 11.7 Å². The van der Waals surface area contributed by atoms with Crippen LogP contribution in [-0.2, 0) is 0 Å². The van der Waals surface area contributed by atoms with Gasteiger partial charge in [0, 0.05) is 11.8 Å².